The Balaban J connectivity index is 1.80. The average molecular weight is 384 g/mol. The molecule has 3 nitrogen and oxygen atoms in total. The summed E-state index contributed by atoms with van der Waals surface area (Å²) in [7, 11) is 0. The van der Waals surface area contributed by atoms with Crippen LogP contribution >= 0.6 is 23.4 Å². The van der Waals surface area contributed by atoms with Crippen LogP contribution in [0.5, 0.6) is 0 Å². The fourth-order valence-electron chi connectivity index (χ4n) is 3.19. The first-order valence-electron chi connectivity index (χ1n) is 9.40. The maximum Gasteiger partial charge on any atom is 0.307 e. The molecule has 0 N–H and O–H groups in total. The molecule has 0 aromatic heterocycles. The van der Waals surface area contributed by atoms with E-state index in [0.717, 1.165) is 49.7 Å². The first-order valence-corrected chi connectivity index (χ1v) is 10.8. The van der Waals surface area contributed by atoms with Crippen molar-refractivity contribution in [3.63, 3.8) is 0 Å². The summed E-state index contributed by atoms with van der Waals surface area (Å²) in [6.07, 6.45) is 5.07. The monoisotopic (exact) mass is 383 g/mol. The van der Waals surface area contributed by atoms with E-state index in [0.29, 0.717) is 11.7 Å². The number of carbonyl (C=O) groups excluding carboxylic acids is 1. The van der Waals surface area contributed by atoms with Crippen LogP contribution in [0.3, 0.4) is 0 Å². The smallest absolute Gasteiger partial charge is 0.307 e. The van der Waals surface area contributed by atoms with Gasteiger partial charge in [0, 0.05) is 22.6 Å². The van der Waals surface area contributed by atoms with E-state index in [4.69, 9.17) is 16.3 Å². The molecule has 5 heteroatoms. The average Bonchev–Trinajstić information content (AvgIpc) is 2.63. The lowest BCUT2D eigenvalue weighted by Gasteiger charge is -2.31. The molecule has 1 aliphatic rings. The van der Waals surface area contributed by atoms with Crippen molar-refractivity contribution in [3.8, 4) is 0 Å². The third-order valence-corrected chi connectivity index (χ3v) is 6.55. The summed E-state index contributed by atoms with van der Waals surface area (Å²) in [5, 5.41) is 1.17. The number of nitrogens with zero attached hydrogens (tertiary/aromatic N) is 1. The van der Waals surface area contributed by atoms with E-state index in [9.17, 15) is 4.79 Å². The predicted molar refractivity (Wildman–Crippen MR) is 107 cm³/mol. The van der Waals surface area contributed by atoms with Gasteiger partial charge in [-0.1, -0.05) is 44.0 Å². The second-order valence-electron chi connectivity index (χ2n) is 6.57. The molecule has 2 atom stereocenters. The van der Waals surface area contributed by atoms with Crippen molar-refractivity contribution in [3.05, 3.63) is 34.9 Å². The number of benzene rings is 1. The second-order valence-corrected chi connectivity index (χ2v) is 8.23. The van der Waals surface area contributed by atoms with E-state index in [1.807, 2.05) is 23.9 Å². The molecule has 0 amide bonds. The van der Waals surface area contributed by atoms with Crippen molar-refractivity contribution in [2.75, 3.05) is 19.6 Å². The minimum atomic E-state index is -0.0455. The number of esters is 1. The Morgan fingerprint density at radius 1 is 1.20 bits per heavy atom. The van der Waals surface area contributed by atoms with E-state index >= 15 is 0 Å². The molecule has 25 heavy (non-hydrogen) atoms. The fourth-order valence-corrected chi connectivity index (χ4v) is 4.65. The molecular formula is C20H30ClNO2S. The lowest BCUT2D eigenvalue weighted by molar-refractivity contribution is -0.150. The van der Waals surface area contributed by atoms with Crippen LogP contribution in [0, 0.1) is 0 Å². The van der Waals surface area contributed by atoms with E-state index in [1.54, 1.807) is 0 Å². The summed E-state index contributed by atoms with van der Waals surface area (Å²) in [6.45, 7) is 7.00. The maximum atomic E-state index is 12.2. The molecule has 0 heterocycles. The molecule has 0 radical (unpaired) electrons. The lowest BCUT2D eigenvalue weighted by Crippen LogP contribution is -2.34. The molecule has 2 unspecified atom stereocenters. The number of ether oxygens (including phenoxy) is 1. The Morgan fingerprint density at radius 2 is 1.88 bits per heavy atom. The van der Waals surface area contributed by atoms with Crippen LogP contribution in [-0.2, 0) is 15.3 Å². The number of halogens is 1. The van der Waals surface area contributed by atoms with E-state index in [1.165, 1.54) is 12.0 Å². The van der Waals surface area contributed by atoms with Gasteiger partial charge in [0.1, 0.15) is 6.10 Å². The highest BCUT2D eigenvalue weighted by atomic mass is 35.5. The van der Waals surface area contributed by atoms with Crippen LogP contribution in [0.4, 0.5) is 0 Å². The van der Waals surface area contributed by atoms with Crippen molar-refractivity contribution in [2.45, 2.75) is 63.1 Å². The minimum Gasteiger partial charge on any atom is -0.461 e. The van der Waals surface area contributed by atoms with Gasteiger partial charge in [0.15, 0.2) is 0 Å². The summed E-state index contributed by atoms with van der Waals surface area (Å²) in [4.78, 5) is 14.5. The number of hydrogen-bond donors (Lipinski definition) is 0. The second kappa shape index (κ2) is 11.1. The standard InChI is InChI=1S/C20H30ClNO2S/c1-3-22(4-2)14-13-20(23)24-18-7-5-6-8-19(18)25-15-16-9-11-17(21)12-10-16/h9-12,18-19H,3-8,13-15H2,1-2H3. The lowest BCUT2D eigenvalue weighted by atomic mass is 9.97. The summed E-state index contributed by atoms with van der Waals surface area (Å²) >= 11 is 7.86. The van der Waals surface area contributed by atoms with Gasteiger partial charge in [-0.3, -0.25) is 4.79 Å². The topological polar surface area (TPSA) is 29.5 Å². The highest BCUT2D eigenvalue weighted by Crippen LogP contribution is 2.33. The molecule has 1 saturated carbocycles. The third kappa shape index (κ3) is 7.20. The van der Waals surface area contributed by atoms with Gasteiger partial charge in [-0.05, 0) is 50.0 Å². The predicted octanol–water partition coefficient (Wildman–Crippen LogP) is 5.16. The van der Waals surface area contributed by atoms with Crippen LogP contribution < -0.4 is 0 Å². The molecule has 0 bridgehead atoms. The third-order valence-electron chi connectivity index (χ3n) is 4.83. The van der Waals surface area contributed by atoms with Crippen LogP contribution in [0.25, 0.3) is 0 Å². The molecule has 0 saturated heterocycles. The fraction of sp³-hybridized carbons (Fsp3) is 0.650. The van der Waals surface area contributed by atoms with Crippen molar-refractivity contribution in [1.29, 1.82) is 0 Å². The van der Waals surface area contributed by atoms with Crippen LogP contribution in [0.2, 0.25) is 5.02 Å². The van der Waals surface area contributed by atoms with Gasteiger partial charge in [0.05, 0.1) is 6.42 Å². The molecule has 1 aromatic rings. The molecule has 1 aliphatic carbocycles. The van der Waals surface area contributed by atoms with Gasteiger partial charge in [-0.25, -0.2) is 0 Å². The van der Waals surface area contributed by atoms with Gasteiger partial charge >= 0.3 is 5.97 Å². The molecule has 0 aliphatic heterocycles. The number of rotatable bonds is 9. The normalized spacial score (nSPS) is 20.6. The molecule has 1 fully saturated rings. The first kappa shape index (κ1) is 20.6. The quantitative estimate of drug-likeness (QED) is 0.551. The van der Waals surface area contributed by atoms with E-state index in [-0.39, 0.29) is 12.1 Å². The summed E-state index contributed by atoms with van der Waals surface area (Å²) in [6, 6.07) is 8.01. The zero-order valence-corrected chi connectivity index (χ0v) is 17.0. The van der Waals surface area contributed by atoms with Crippen molar-refractivity contribution in [2.24, 2.45) is 0 Å². The number of carbonyl (C=O) groups is 1. The van der Waals surface area contributed by atoms with E-state index in [2.05, 4.69) is 30.9 Å². The number of thioether (sulfide) groups is 1. The van der Waals surface area contributed by atoms with Gasteiger partial charge in [0.25, 0.3) is 0 Å². The summed E-state index contributed by atoms with van der Waals surface area (Å²) < 4.78 is 5.84. The zero-order valence-electron chi connectivity index (χ0n) is 15.4. The Morgan fingerprint density at radius 3 is 2.56 bits per heavy atom. The maximum absolute atomic E-state index is 12.2. The molecular weight excluding hydrogens is 354 g/mol. The molecule has 1 aromatic carbocycles. The number of hydrogen-bond acceptors (Lipinski definition) is 4. The SMILES string of the molecule is CCN(CC)CCC(=O)OC1CCCCC1SCc1ccc(Cl)cc1. The van der Waals surface area contributed by atoms with Crippen LogP contribution in [-0.4, -0.2) is 41.9 Å². The highest BCUT2D eigenvalue weighted by Gasteiger charge is 2.28. The van der Waals surface area contributed by atoms with Crippen molar-refractivity contribution < 1.29 is 9.53 Å². The van der Waals surface area contributed by atoms with Crippen LogP contribution in [0.1, 0.15) is 51.5 Å². The zero-order chi connectivity index (χ0) is 18.1. The summed E-state index contributed by atoms with van der Waals surface area (Å²) in [5.74, 6) is 0.894. The molecule has 0 spiro atoms. The minimum absolute atomic E-state index is 0.0455. The summed E-state index contributed by atoms with van der Waals surface area (Å²) in [5.41, 5.74) is 1.27. The Bertz CT molecular complexity index is 519. The Labute approximate surface area is 161 Å². The Hall–Kier alpha value is -0.710. The van der Waals surface area contributed by atoms with Crippen LogP contribution in [0.15, 0.2) is 24.3 Å². The molecule has 140 valence electrons. The largest absolute Gasteiger partial charge is 0.461 e. The van der Waals surface area contributed by atoms with E-state index < -0.39 is 0 Å². The molecule has 2 rings (SSSR count). The first-order chi connectivity index (χ1) is 12.1. The van der Waals surface area contributed by atoms with Crippen molar-refractivity contribution >= 4 is 29.3 Å². The highest BCUT2D eigenvalue weighted by molar-refractivity contribution is 7.99. The van der Waals surface area contributed by atoms with Gasteiger partial charge < -0.3 is 9.64 Å². The van der Waals surface area contributed by atoms with Gasteiger partial charge in [-0.2, -0.15) is 0 Å². The van der Waals surface area contributed by atoms with Gasteiger partial charge in [-0.15, -0.1) is 11.8 Å². The van der Waals surface area contributed by atoms with Gasteiger partial charge in [0.2, 0.25) is 0 Å². The van der Waals surface area contributed by atoms with Crippen molar-refractivity contribution in [1.82, 2.24) is 4.90 Å². The Kier molecular flexibility index (Phi) is 9.14.